The maximum Gasteiger partial charge on any atom is 0.340 e. The van der Waals surface area contributed by atoms with Crippen LogP contribution in [0.25, 0.3) is 10.9 Å². The Kier molecular flexibility index (Phi) is 2.82. The summed E-state index contributed by atoms with van der Waals surface area (Å²) in [6, 6.07) is 7.93. The Morgan fingerprint density at radius 1 is 1.39 bits per heavy atom. The molecule has 0 atom stereocenters. The van der Waals surface area contributed by atoms with Crippen molar-refractivity contribution < 1.29 is 9.53 Å². The van der Waals surface area contributed by atoms with E-state index < -0.39 is 0 Å². The average Bonchev–Trinajstić information content (AvgIpc) is 3.09. The Labute approximate surface area is 106 Å². The largest absolute Gasteiger partial charge is 0.462 e. The van der Waals surface area contributed by atoms with Crippen molar-refractivity contribution in [3.05, 3.63) is 35.5 Å². The number of nitrogens with one attached hydrogen (secondary N) is 1. The van der Waals surface area contributed by atoms with Gasteiger partial charge in [0.15, 0.2) is 0 Å². The van der Waals surface area contributed by atoms with Gasteiger partial charge in [0.25, 0.3) is 0 Å². The predicted octanol–water partition coefficient (Wildman–Crippen LogP) is 3.30. The Hall–Kier alpha value is -1.77. The Morgan fingerprint density at radius 2 is 2.17 bits per heavy atom. The van der Waals surface area contributed by atoms with Gasteiger partial charge in [-0.15, -0.1) is 0 Å². The van der Waals surface area contributed by atoms with Crippen LogP contribution in [-0.2, 0) is 11.2 Å². The molecule has 1 heterocycles. The highest BCUT2D eigenvalue weighted by molar-refractivity contribution is 6.05. The molecule has 0 radical (unpaired) electrons. The first kappa shape index (κ1) is 11.3. The van der Waals surface area contributed by atoms with Gasteiger partial charge >= 0.3 is 5.97 Å². The lowest BCUT2D eigenvalue weighted by molar-refractivity contribution is 0.0527. The number of hydrogen-bond acceptors (Lipinski definition) is 2. The molecule has 0 unspecified atom stereocenters. The number of aromatic nitrogens is 1. The lowest BCUT2D eigenvalue weighted by atomic mass is 10.1. The van der Waals surface area contributed by atoms with Crippen LogP contribution in [0.3, 0.4) is 0 Å². The molecular weight excluding hydrogens is 226 g/mol. The molecule has 0 bridgehead atoms. The van der Waals surface area contributed by atoms with Crippen molar-refractivity contribution >= 4 is 16.9 Å². The predicted molar refractivity (Wildman–Crippen MR) is 70.7 cm³/mol. The Morgan fingerprint density at radius 3 is 2.89 bits per heavy atom. The van der Waals surface area contributed by atoms with Crippen molar-refractivity contribution in [1.29, 1.82) is 0 Å². The second kappa shape index (κ2) is 4.48. The second-order valence-electron chi connectivity index (χ2n) is 4.89. The first-order valence-corrected chi connectivity index (χ1v) is 6.56. The molecule has 94 valence electrons. The van der Waals surface area contributed by atoms with Crippen LogP contribution in [0.4, 0.5) is 0 Å². The standard InChI is InChI=1S/C15H17NO2/c1-2-18-15(17)14-11-5-3-4-6-12(11)16-13(14)9-10-7-8-10/h3-6,10,16H,2,7-9H2,1H3. The van der Waals surface area contributed by atoms with Crippen LogP contribution < -0.4 is 0 Å². The number of carbonyl (C=O) groups is 1. The van der Waals surface area contributed by atoms with Gasteiger partial charge in [0.2, 0.25) is 0 Å². The minimum atomic E-state index is -0.203. The number of ether oxygens (including phenoxy) is 1. The third kappa shape index (κ3) is 2.01. The van der Waals surface area contributed by atoms with E-state index in [0.29, 0.717) is 6.61 Å². The summed E-state index contributed by atoms with van der Waals surface area (Å²) in [4.78, 5) is 15.5. The van der Waals surface area contributed by atoms with E-state index in [1.54, 1.807) is 0 Å². The van der Waals surface area contributed by atoms with Crippen LogP contribution in [0, 0.1) is 5.92 Å². The van der Waals surface area contributed by atoms with Gasteiger partial charge in [-0.3, -0.25) is 0 Å². The van der Waals surface area contributed by atoms with Crippen LogP contribution in [-0.4, -0.2) is 17.6 Å². The molecule has 1 aliphatic carbocycles. The minimum Gasteiger partial charge on any atom is -0.462 e. The smallest absolute Gasteiger partial charge is 0.340 e. The minimum absolute atomic E-state index is 0.203. The van der Waals surface area contributed by atoms with Gasteiger partial charge < -0.3 is 9.72 Å². The molecular formula is C15H17NO2. The first-order chi connectivity index (χ1) is 8.79. The third-order valence-electron chi connectivity index (χ3n) is 3.45. The summed E-state index contributed by atoms with van der Waals surface area (Å²) >= 11 is 0. The number of carbonyl (C=O) groups excluding carboxylic acids is 1. The molecule has 1 fully saturated rings. The van der Waals surface area contributed by atoms with E-state index >= 15 is 0 Å². The number of H-pyrrole nitrogens is 1. The number of rotatable bonds is 4. The molecule has 0 aliphatic heterocycles. The Bertz CT molecular complexity index is 581. The maximum absolute atomic E-state index is 12.1. The Balaban J connectivity index is 2.07. The zero-order valence-corrected chi connectivity index (χ0v) is 10.5. The summed E-state index contributed by atoms with van der Waals surface area (Å²) in [5, 5.41) is 0.978. The monoisotopic (exact) mass is 243 g/mol. The molecule has 1 N–H and O–H groups in total. The van der Waals surface area contributed by atoms with Crippen LogP contribution in [0.2, 0.25) is 0 Å². The topological polar surface area (TPSA) is 42.1 Å². The average molecular weight is 243 g/mol. The van der Waals surface area contributed by atoms with Crippen molar-refractivity contribution in [1.82, 2.24) is 4.98 Å². The van der Waals surface area contributed by atoms with E-state index in [0.717, 1.165) is 34.5 Å². The zero-order valence-electron chi connectivity index (χ0n) is 10.5. The van der Waals surface area contributed by atoms with Crippen LogP contribution >= 0.6 is 0 Å². The molecule has 1 saturated carbocycles. The third-order valence-corrected chi connectivity index (χ3v) is 3.45. The van der Waals surface area contributed by atoms with Gasteiger partial charge in [-0.2, -0.15) is 0 Å². The summed E-state index contributed by atoms with van der Waals surface area (Å²) < 4.78 is 5.18. The lowest BCUT2D eigenvalue weighted by Gasteiger charge is -2.03. The lowest BCUT2D eigenvalue weighted by Crippen LogP contribution is -2.07. The fourth-order valence-corrected chi connectivity index (χ4v) is 2.40. The molecule has 1 aromatic carbocycles. The van der Waals surface area contributed by atoms with Crippen molar-refractivity contribution in [3.8, 4) is 0 Å². The van der Waals surface area contributed by atoms with Gasteiger partial charge in [0.1, 0.15) is 0 Å². The van der Waals surface area contributed by atoms with Gasteiger partial charge in [-0.25, -0.2) is 4.79 Å². The number of para-hydroxylation sites is 1. The quantitative estimate of drug-likeness (QED) is 0.837. The fourth-order valence-electron chi connectivity index (χ4n) is 2.40. The van der Waals surface area contributed by atoms with Crippen molar-refractivity contribution in [2.75, 3.05) is 6.61 Å². The highest BCUT2D eigenvalue weighted by Crippen LogP contribution is 2.35. The summed E-state index contributed by atoms with van der Waals surface area (Å²) in [6.07, 6.45) is 3.51. The SMILES string of the molecule is CCOC(=O)c1c(CC2CC2)[nH]c2ccccc12. The maximum atomic E-state index is 12.1. The summed E-state index contributed by atoms with van der Waals surface area (Å²) in [7, 11) is 0. The molecule has 0 spiro atoms. The normalized spacial score (nSPS) is 14.9. The zero-order chi connectivity index (χ0) is 12.5. The van der Waals surface area contributed by atoms with Crippen LogP contribution in [0.5, 0.6) is 0 Å². The van der Waals surface area contributed by atoms with Gasteiger partial charge in [-0.1, -0.05) is 18.2 Å². The number of aromatic amines is 1. The second-order valence-corrected chi connectivity index (χ2v) is 4.89. The van der Waals surface area contributed by atoms with Crippen LogP contribution in [0.1, 0.15) is 35.8 Å². The van der Waals surface area contributed by atoms with Crippen LogP contribution in [0.15, 0.2) is 24.3 Å². The fraction of sp³-hybridized carbons (Fsp3) is 0.400. The summed E-state index contributed by atoms with van der Waals surface area (Å²) in [5.41, 5.74) is 2.80. The molecule has 3 heteroatoms. The van der Waals surface area contributed by atoms with Gasteiger partial charge in [-0.05, 0) is 38.2 Å². The van der Waals surface area contributed by atoms with Gasteiger partial charge in [0.05, 0.1) is 12.2 Å². The molecule has 0 amide bonds. The number of benzene rings is 1. The molecule has 3 rings (SSSR count). The van der Waals surface area contributed by atoms with Crippen molar-refractivity contribution in [2.24, 2.45) is 5.92 Å². The molecule has 1 aromatic heterocycles. The first-order valence-electron chi connectivity index (χ1n) is 6.56. The van der Waals surface area contributed by atoms with E-state index in [1.165, 1.54) is 12.8 Å². The molecule has 18 heavy (non-hydrogen) atoms. The number of fused-ring (bicyclic) bond motifs is 1. The summed E-state index contributed by atoms with van der Waals surface area (Å²) in [6.45, 7) is 2.26. The van der Waals surface area contributed by atoms with Gasteiger partial charge in [0, 0.05) is 16.6 Å². The van der Waals surface area contributed by atoms with E-state index in [1.807, 2.05) is 31.2 Å². The molecule has 2 aromatic rings. The molecule has 3 nitrogen and oxygen atoms in total. The van der Waals surface area contributed by atoms with E-state index in [4.69, 9.17) is 4.74 Å². The number of esters is 1. The van der Waals surface area contributed by atoms with Crippen molar-refractivity contribution in [2.45, 2.75) is 26.2 Å². The van der Waals surface area contributed by atoms with E-state index in [9.17, 15) is 4.79 Å². The van der Waals surface area contributed by atoms with E-state index in [2.05, 4.69) is 4.98 Å². The molecule has 0 saturated heterocycles. The highest BCUT2D eigenvalue weighted by Gasteiger charge is 2.27. The summed E-state index contributed by atoms with van der Waals surface area (Å²) in [5.74, 6) is 0.539. The van der Waals surface area contributed by atoms with E-state index in [-0.39, 0.29) is 5.97 Å². The van der Waals surface area contributed by atoms with Crippen molar-refractivity contribution in [3.63, 3.8) is 0 Å². The highest BCUT2D eigenvalue weighted by atomic mass is 16.5. The molecule has 1 aliphatic rings. The number of hydrogen-bond donors (Lipinski definition) is 1.